The van der Waals surface area contributed by atoms with Gasteiger partial charge in [-0.2, -0.15) is 0 Å². The fourth-order valence-corrected chi connectivity index (χ4v) is 4.48. The molecular weight excluding hydrogens is 498 g/mol. The molecule has 39 heavy (non-hydrogen) atoms. The standard InChI is InChI=1S/C29H35N5O5/c1-21(29(37)39-18-23-11-6-3-7-12-23)32-27(35)26-13-8-14-34(26)28(36)25(30)15-24-16-33(19-31-24)20-38-17-22-9-4-2-5-10-22/h2-7,9-12,16,19,21,25-26H,8,13-15,17-18,20,30H2,1H3,(H,32,35)/t21-,25?,26?/m1/s1. The lowest BCUT2D eigenvalue weighted by Gasteiger charge is -2.27. The Morgan fingerprint density at radius 1 is 1.05 bits per heavy atom. The first kappa shape index (κ1) is 28.0. The number of carbonyl (C=O) groups excluding carboxylic acids is 3. The molecule has 0 aliphatic carbocycles. The van der Waals surface area contributed by atoms with Crippen LogP contribution < -0.4 is 11.1 Å². The van der Waals surface area contributed by atoms with Crippen molar-refractivity contribution in [3.63, 3.8) is 0 Å². The SMILES string of the molecule is C[C@@H](NC(=O)C1CCCN1C(=O)C(N)Cc1cn(COCc2ccccc2)cn1)C(=O)OCc1ccccc1. The van der Waals surface area contributed by atoms with Gasteiger partial charge in [-0.25, -0.2) is 9.78 Å². The van der Waals surface area contributed by atoms with Crippen LogP contribution in [-0.2, 0) is 50.2 Å². The monoisotopic (exact) mass is 533 g/mol. The van der Waals surface area contributed by atoms with Crippen LogP contribution in [0.1, 0.15) is 36.6 Å². The van der Waals surface area contributed by atoms with E-state index in [0.717, 1.165) is 11.1 Å². The minimum atomic E-state index is -0.847. The second-order valence-corrected chi connectivity index (χ2v) is 9.67. The number of aromatic nitrogens is 2. The molecule has 1 fully saturated rings. The number of ether oxygens (including phenoxy) is 2. The van der Waals surface area contributed by atoms with Crippen LogP contribution in [0.5, 0.6) is 0 Å². The zero-order valence-corrected chi connectivity index (χ0v) is 22.1. The number of rotatable bonds is 12. The van der Waals surface area contributed by atoms with E-state index in [-0.39, 0.29) is 18.9 Å². The summed E-state index contributed by atoms with van der Waals surface area (Å²) in [5.41, 5.74) is 8.84. The van der Waals surface area contributed by atoms with Crippen molar-refractivity contribution in [1.82, 2.24) is 19.8 Å². The predicted octanol–water partition coefficient (Wildman–Crippen LogP) is 2.17. The first-order valence-corrected chi connectivity index (χ1v) is 13.1. The number of hydrogen-bond donors (Lipinski definition) is 2. The van der Waals surface area contributed by atoms with E-state index in [4.69, 9.17) is 15.2 Å². The number of likely N-dealkylation sites (tertiary alicyclic amines) is 1. The maximum Gasteiger partial charge on any atom is 0.328 e. The normalized spacial score (nSPS) is 16.5. The number of imidazole rings is 1. The van der Waals surface area contributed by atoms with Crippen LogP contribution in [0.15, 0.2) is 73.2 Å². The van der Waals surface area contributed by atoms with Crippen LogP contribution in [0.3, 0.4) is 0 Å². The Morgan fingerprint density at radius 2 is 1.72 bits per heavy atom. The summed E-state index contributed by atoms with van der Waals surface area (Å²) in [5, 5.41) is 2.69. The molecule has 3 aromatic rings. The molecule has 2 heterocycles. The van der Waals surface area contributed by atoms with E-state index in [1.54, 1.807) is 24.0 Å². The fourth-order valence-electron chi connectivity index (χ4n) is 4.48. The highest BCUT2D eigenvalue weighted by molar-refractivity contribution is 5.92. The van der Waals surface area contributed by atoms with Crippen molar-refractivity contribution in [1.29, 1.82) is 0 Å². The molecule has 2 unspecified atom stereocenters. The molecule has 4 rings (SSSR count). The van der Waals surface area contributed by atoms with Crippen LogP contribution in [0.4, 0.5) is 0 Å². The van der Waals surface area contributed by atoms with E-state index in [9.17, 15) is 14.4 Å². The first-order chi connectivity index (χ1) is 18.9. The Labute approximate surface area is 228 Å². The third kappa shape index (κ3) is 7.98. The Balaban J connectivity index is 1.23. The maximum atomic E-state index is 13.1. The topological polar surface area (TPSA) is 129 Å². The van der Waals surface area contributed by atoms with Crippen molar-refractivity contribution in [2.75, 3.05) is 6.54 Å². The van der Waals surface area contributed by atoms with E-state index < -0.39 is 30.0 Å². The third-order valence-electron chi connectivity index (χ3n) is 6.56. The second kappa shape index (κ2) is 13.7. The molecule has 0 bridgehead atoms. The predicted molar refractivity (Wildman–Crippen MR) is 144 cm³/mol. The summed E-state index contributed by atoms with van der Waals surface area (Å²) in [4.78, 5) is 44.3. The van der Waals surface area contributed by atoms with Gasteiger partial charge in [0.05, 0.1) is 24.7 Å². The highest BCUT2D eigenvalue weighted by atomic mass is 16.5. The summed E-state index contributed by atoms with van der Waals surface area (Å²) < 4.78 is 12.8. The number of esters is 1. The number of carbonyl (C=O) groups is 3. The maximum absolute atomic E-state index is 13.1. The number of benzene rings is 2. The van der Waals surface area contributed by atoms with E-state index in [0.29, 0.717) is 38.4 Å². The van der Waals surface area contributed by atoms with Gasteiger partial charge in [0.1, 0.15) is 25.4 Å². The molecule has 1 aromatic heterocycles. The fraction of sp³-hybridized carbons (Fsp3) is 0.379. The van der Waals surface area contributed by atoms with Crippen molar-refractivity contribution in [3.8, 4) is 0 Å². The zero-order valence-electron chi connectivity index (χ0n) is 22.1. The largest absolute Gasteiger partial charge is 0.459 e. The van der Waals surface area contributed by atoms with Crippen LogP contribution in [0.25, 0.3) is 0 Å². The van der Waals surface area contributed by atoms with Gasteiger partial charge in [0.25, 0.3) is 0 Å². The van der Waals surface area contributed by atoms with Gasteiger partial charge in [-0.1, -0.05) is 60.7 Å². The molecule has 0 radical (unpaired) electrons. The Kier molecular flexibility index (Phi) is 9.82. The summed E-state index contributed by atoms with van der Waals surface area (Å²) in [6, 6.07) is 16.8. The molecule has 1 saturated heterocycles. The summed E-state index contributed by atoms with van der Waals surface area (Å²) in [7, 11) is 0. The van der Waals surface area contributed by atoms with Crippen LogP contribution in [-0.4, -0.2) is 56.9 Å². The van der Waals surface area contributed by atoms with Gasteiger partial charge in [-0.15, -0.1) is 0 Å². The molecule has 1 aliphatic heterocycles. The third-order valence-corrected chi connectivity index (χ3v) is 6.56. The van der Waals surface area contributed by atoms with Gasteiger partial charge >= 0.3 is 5.97 Å². The minimum Gasteiger partial charge on any atom is -0.459 e. The first-order valence-electron chi connectivity index (χ1n) is 13.1. The van der Waals surface area contributed by atoms with Gasteiger partial charge in [0.2, 0.25) is 11.8 Å². The van der Waals surface area contributed by atoms with Crippen molar-refractivity contribution in [2.24, 2.45) is 5.73 Å². The van der Waals surface area contributed by atoms with E-state index in [2.05, 4.69) is 10.3 Å². The highest BCUT2D eigenvalue weighted by Crippen LogP contribution is 2.19. The smallest absolute Gasteiger partial charge is 0.328 e. The summed E-state index contributed by atoms with van der Waals surface area (Å²) >= 11 is 0. The van der Waals surface area contributed by atoms with Crippen molar-refractivity contribution in [3.05, 3.63) is 90.0 Å². The minimum absolute atomic E-state index is 0.123. The molecule has 0 spiro atoms. The van der Waals surface area contributed by atoms with Crippen molar-refractivity contribution < 1.29 is 23.9 Å². The summed E-state index contributed by atoms with van der Waals surface area (Å²) in [6.07, 6.45) is 4.86. The van der Waals surface area contributed by atoms with E-state index in [1.807, 2.05) is 60.7 Å². The Hall–Kier alpha value is -4.02. The molecule has 2 aromatic carbocycles. The molecule has 10 nitrogen and oxygen atoms in total. The van der Waals surface area contributed by atoms with E-state index in [1.165, 1.54) is 4.90 Å². The van der Waals surface area contributed by atoms with Crippen molar-refractivity contribution in [2.45, 2.75) is 64.3 Å². The molecule has 1 aliphatic rings. The average molecular weight is 534 g/mol. The summed E-state index contributed by atoms with van der Waals surface area (Å²) in [5.74, 6) is -1.25. The van der Waals surface area contributed by atoms with Crippen LogP contribution in [0.2, 0.25) is 0 Å². The zero-order chi connectivity index (χ0) is 27.6. The molecular formula is C29H35N5O5. The van der Waals surface area contributed by atoms with Crippen molar-refractivity contribution >= 4 is 17.8 Å². The number of hydrogen-bond acceptors (Lipinski definition) is 7. The number of nitrogens with one attached hydrogen (secondary N) is 1. The molecule has 3 N–H and O–H groups in total. The Bertz CT molecular complexity index is 1230. The van der Waals surface area contributed by atoms with Crippen LogP contribution >= 0.6 is 0 Å². The lowest BCUT2D eigenvalue weighted by Crippen LogP contribution is -2.53. The van der Waals surface area contributed by atoms with Gasteiger partial charge < -0.3 is 30.0 Å². The average Bonchev–Trinajstić information content (AvgIpc) is 3.62. The quantitative estimate of drug-likeness (QED) is 0.342. The lowest BCUT2D eigenvalue weighted by molar-refractivity contribution is -0.149. The van der Waals surface area contributed by atoms with E-state index >= 15 is 0 Å². The Morgan fingerprint density at radius 3 is 2.41 bits per heavy atom. The molecule has 0 saturated carbocycles. The van der Waals surface area contributed by atoms with Gasteiger partial charge in [-0.05, 0) is 30.9 Å². The molecule has 206 valence electrons. The second-order valence-electron chi connectivity index (χ2n) is 9.67. The number of nitrogens with zero attached hydrogens (tertiary/aromatic N) is 3. The molecule has 3 atom stereocenters. The number of nitrogens with two attached hydrogens (primary N) is 1. The molecule has 10 heteroatoms. The highest BCUT2D eigenvalue weighted by Gasteiger charge is 2.37. The van der Waals surface area contributed by atoms with Gasteiger partial charge in [0.15, 0.2) is 0 Å². The summed E-state index contributed by atoms with van der Waals surface area (Å²) in [6.45, 7) is 2.93. The van der Waals surface area contributed by atoms with Gasteiger partial charge in [0, 0.05) is 19.2 Å². The lowest BCUT2D eigenvalue weighted by atomic mass is 10.1. The molecule has 2 amide bonds. The van der Waals surface area contributed by atoms with Gasteiger partial charge in [-0.3, -0.25) is 9.59 Å². The van der Waals surface area contributed by atoms with Crippen LogP contribution in [0, 0.1) is 0 Å². The number of amides is 2.